The Labute approximate surface area is 237 Å². The van der Waals surface area contributed by atoms with E-state index in [-0.39, 0.29) is 24.1 Å². The summed E-state index contributed by atoms with van der Waals surface area (Å²) in [7, 11) is 0. The fraction of sp³-hybridized carbons (Fsp3) is 0.538. The van der Waals surface area contributed by atoms with Gasteiger partial charge in [0.2, 0.25) is 5.95 Å². The van der Waals surface area contributed by atoms with Crippen LogP contribution in [0.4, 0.5) is 15.5 Å². The Bertz CT molecular complexity index is 1290. The Kier molecular flexibility index (Phi) is 7.43. The summed E-state index contributed by atoms with van der Waals surface area (Å²) in [5.74, 6) is 0.534. The maximum Gasteiger partial charge on any atom is 0.408 e. The van der Waals surface area contributed by atoms with Gasteiger partial charge in [0, 0.05) is 41.8 Å². The van der Waals surface area contributed by atoms with Gasteiger partial charge in [0.25, 0.3) is 0 Å². The number of carboxylic acid groups (broad SMARTS) is 1. The number of anilines is 1. The molecule has 210 valence electrons. The summed E-state index contributed by atoms with van der Waals surface area (Å²) in [6.45, 7) is 8.52. The van der Waals surface area contributed by atoms with Crippen molar-refractivity contribution in [2.45, 2.75) is 64.3 Å². The van der Waals surface area contributed by atoms with Gasteiger partial charge in [-0.1, -0.05) is 23.2 Å². The van der Waals surface area contributed by atoms with Crippen LogP contribution < -0.4 is 15.8 Å². The average Bonchev–Trinajstić information content (AvgIpc) is 3.50. The fourth-order valence-electron chi connectivity index (χ4n) is 5.18. The molecule has 2 fully saturated rings. The van der Waals surface area contributed by atoms with E-state index in [4.69, 9.17) is 33.7 Å². The molecule has 0 unspecified atom stereocenters. The van der Waals surface area contributed by atoms with Gasteiger partial charge in [-0.2, -0.15) is 0 Å². The topological polar surface area (TPSA) is 137 Å². The van der Waals surface area contributed by atoms with E-state index in [9.17, 15) is 14.7 Å². The number of likely N-dealkylation sites (tertiary alicyclic amines) is 1. The summed E-state index contributed by atoms with van der Waals surface area (Å²) in [5.41, 5.74) is 8.09. The minimum absolute atomic E-state index is 0.0645. The lowest BCUT2D eigenvalue weighted by Crippen LogP contribution is -2.65. The van der Waals surface area contributed by atoms with Crippen LogP contribution in [0, 0.1) is 0 Å². The molecule has 0 atom stereocenters. The maximum absolute atomic E-state index is 12.7. The number of fused-ring (bicyclic) bond motifs is 1. The molecule has 13 heteroatoms. The number of aromatic nitrogens is 2. The number of amides is 3. The lowest BCUT2D eigenvalue weighted by Gasteiger charge is -2.49. The molecule has 1 aromatic heterocycles. The first kappa shape index (κ1) is 27.5. The second kappa shape index (κ2) is 10.5. The zero-order valence-electron chi connectivity index (χ0n) is 22.2. The molecule has 2 aliphatic heterocycles. The van der Waals surface area contributed by atoms with Crippen LogP contribution in [0.2, 0.25) is 10.0 Å². The van der Waals surface area contributed by atoms with Gasteiger partial charge in [-0.15, -0.1) is 0 Å². The number of nitrogens with two attached hydrogens (primary N) is 1. The maximum atomic E-state index is 12.7. The smallest absolute Gasteiger partial charge is 0.408 e. The molecule has 0 radical (unpaired) electrons. The highest BCUT2D eigenvalue weighted by Gasteiger charge is 2.40. The first-order valence-electron chi connectivity index (χ1n) is 13.0. The van der Waals surface area contributed by atoms with E-state index in [1.54, 1.807) is 17.0 Å². The Hall–Kier alpha value is -3.02. The molecule has 11 nitrogen and oxygen atoms in total. The van der Waals surface area contributed by atoms with Gasteiger partial charge in [0.15, 0.2) is 0 Å². The minimum Gasteiger partial charge on any atom is -0.491 e. The quantitative estimate of drug-likeness (QED) is 0.448. The molecule has 1 saturated carbocycles. The summed E-state index contributed by atoms with van der Waals surface area (Å²) in [6, 6.07) is 3.34. The first-order valence-corrected chi connectivity index (χ1v) is 13.7. The van der Waals surface area contributed by atoms with Crippen molar-refractivity contribution in [3.05, 3.63) is 33.4 Å². The number of nitrogen functional groups attached to an aromatic ring is 1. The van der Waals surface area contributed by atoms with Crippen LogP contribution in [0.15, 0.2) is 12.1 Å². The van der Waals surface area contributed by atoms with Crippen molar-refractivity contribution in [2.24, 2.45) is 0 Å². The molecule has 4 N–H and O–H groups in total. The predicted octanol–water partition coefficient (Wildman–Crippen LogP) is 4.06. The van der Waals surface area contributed by atoms with Crippen LogP contribution in [-0.2, 0) is 13.1 Å². The van der Waals surface area contributed by atoms with Crippen molar-refractivity contribution in [1.82, 2.24) is 30.0 Å². The number of hydrogen-bond acceptors (Lipinski definition) is 7. The summed E-state index contributed by atoms with van der Waals surface area (Å²) in [4.78, 5) is 38.7. The number of ether oxygens (including phenoxy) is 1. The highest BCUT2D eigenvalue weighted by atomic mass is 35.5. The van der Waals surface area contributed by atoms with Gasteiger partial charge < -0.3 is 25.8 Å². The van der Waals surface area contributed by atoms with E-state index in [0.29, 0.717) is 72.1 Å². The van der Waals surface area contributed by atoms with Gasteiger partial charge in [0.1, 0.15) is 12.4 Å². The Morgan fingerprint density at radius 2 is 1.92 bits per heavy atom. The summed E-state index contributed by atoms with van der Waals surface area (Å²) in [6.07, 6.45) is 1.08. The molecule has 3 aliphatic rings. The third-order valence-corrected chi connectivity index (χ3v) is 7.66. The van der Waals surface area contributed by atoms with Crippen molar-refractivity contribution in [2.75, 3.05) is 32.0 Å². The number of carbonyl (C=O) groups is 2. The van der Waals surface area contributed by atoms with E-state index in [1.165, 1.54) is 4.90 Å². The van der Waals surface area contributed by atoms with Crippen LogP contribution in [0.1, 0.15) is 44.9 Å². The second-order valence-electron chi connectivity index (χ2n) is 11.3. The number of hydrogen-bond donors (Lipinski definition) is 3. The zero-order chi connectivity index (χ0) is 28.1. The minimum atomic E-state index is -0.915. The Morgan fingerprint density at radius 1 is 1.21 bits per heavy atom. The number of carbonyl (C=O) groups excluding carboxylic acids is 1. The number of nitrogens with one attached hydrogen (secondary N) is 1. The lowest BCUT2D eigenvalue weighted by molar-refractivity contribution is -0.00880. The molecular formula is C26H33Cl2N7O4. The molecule has 3 heterocycles. The van der Waals surface area contributed by atoms with Gasteiger partial charge in [-0.25, -0.2) is 19.6 Å². The lowest BCUT2D eigenvalue weighted by atomic mass is 9.99. The molecular weight excluding hydrogens is 545 g/mol. The van der Waals surface area contributed by atoms with Crippen LogP contribution in [0.3, 0.4) is 0 Å². The van der Waals surface area contributed by atoms with Crippen molar-refractivity contribution >= 4 is 41.3 Å². The summed E-state index contributed by atoms with van der Waals surface area (Å²) < 4.78 is 6.17. The number of rotatable bonds is 7. The monoisotopic (exact) mass is 577 g/mol. The number of halogens is 2. The van der Waals surface area contributed by atoms with E-state index in [1.807, 2.05) is 20.8 Å². The standard InChI is InChI=1S/C26H33Cl2N7O4/c1-26(2,3)35(25(37)38)16-10-33(11-16)6-7-39-20-9-14(27)8-18(28)21(20)22-17-12-34(24(36)30-15-4-5-15)13-19(17)31-23(29)32-22/h8-9,15-16H,4-7,10-13H2,1-3H3,(H,30,36)(H,37,38)(H2,29,31,32). The third kappa shape index (κ3) is 5.95. The average molecular weight is 579 g/mol. The van der Waals surface area contributed by atoms with E-state index >= 15 is 0 Å². The molecule has 3 amide bonds. The predicted molar refractivity (Wildman–Crippen MR) is 148 cm³/mol. The zero-order valence-corrected chi connectivity index (χ0v) is 23.7. The van der Waals surface area contributed by atoms with Crippen LogP contribution in [-0.4, -0.2) is 85.8 Å². The van der Waals surface area contributed by atoms with E-state index < -0.39 is 11.6 Å². The van der Waals surface area contributed by atoms with Gasteiger partial charge in [-0.05, 0) is 45.7 Å². The molecule has 1 saturated heterocycles. The van der Waals surface area contributed by atoms with Gasteiger partial charge in [-0.3, -0.25) is 9.80 Å². The fourth-order valence-corrected chi connectivity index (χ4v) is 5.74. The second-order valence-corrected chi connectivity index (χ2v) is 12.1. The normalized spacial score (nSPS) is 17.5. The first-order chi connectivity index (χ1) is 18.4. The molecule has 0 spiro atoms. The number of urea groups is 1. The van der Waals surface area contributed by atoms with Crippen molar-refractivity contribution < 1.29 is 19.4 Å². The Morgan fingerprint density at radius 3 is 2.56 bits per heavy atom. The number of benzene rings is 1. The highest BCUT2D eigenvalue weighted by Crippen LogP contribution is 2.42. The van der Waals surface area contributed by atoms with Crippen LogP contribution in [0.25, 0.3) is 11.3 Å². The molecule has 1 aromatic carbocycles. The molecule has 2 aromatic rings. The molecule has 5 rings (SSSR count). The van der Waals surface area contributed by atoms with E-state index in [0.717, 1.165) is 18.4 Å². The third-order valence-electron chi connectivity index (χ3n) is 7.14. The van der Waals surface area contributed by atoms with Crippen molar-refractivity contribution in [1.29, 1.82) is 0 Å². The SMILES string of the molecule is CC(C)(C)N(C(=O)O)C1CN(CCOc2cc(Cl)cc(Cl)c2-c2nc(N)nc3c2CN(C(=O)NC2CC2)C3)C1. The van der Waals surface area contributed by atoms with Gasteiger partial charge in [0.05, 0.1) is 41.1 Å². The summed E-state index contributed by atoms with van der Waals surface area (Å²) in [5, 5.41) is 13.4. The van der Waals surface area contributed by atoms with Crippen LogP contribution >= 0.6 is 23.2 Å². The summed E-state index contributed by atoms with van der Waals surface area (Å²) >= 11 is 13.0. The van der Waals surface area contributed by atoms with Crippen LogP contribution in [0.5, 0.6) is 5.75 Å². The van der Waals surface area contributed by atoms with Gasteiger partial charge >= 0.3 is 12.1 Å². The van der Waals surface area contributed by atoms with Crippen molar-refractivity contribution in [3.63, 3.8) is 0 Å². The van der Waals surface area contributed by atoms with Crippen molar-refractivity contribution in [3.8, 4) is 17.0 Å². The molecule has 39 heavy (non-hydrogen) atoms. The molecule has 1 aliphatic carbocycles. The largest absolute Gasteiger partial charge is 0.491 e. The Balaban J connectivity index is 1.30. The van der Waals surface area contributed by atoms with E-state index in [2.05, 4.69) is 20.2 Å². The number of nitrogens with zero attached hydrogens (tertiary/aromatic N) is 5. The highest BCUT2D eigenvalue weighted by molar-refractivity contribution is 6.37. The molecule has 0 bridgehead atoms.